The standard InChI is InChI=1S/C25H24N4O5S3/c1-3-34-24(31)22-19(17-10-6-4-7-11-17)14-35-23(22)26-21(30)15-36-25-28-27-20(29(25)2)16-37(32,33)18-12-8-5-9-13-18/h4-14H,3,15-16H2,1-2H3,(H,26,30). The first-order chi connectivity index (χ1) is 17.8. The first-order valence-corrected chi connectivity index (χ1v) is 14.7. The van der Waals surface area contributed by atoms with E-state index in [4.69, 9.17) is 4.74 Å². The quantitative estimate of drug-likeness (QED) is 0.225. The van der Waals surface area contributed by atoms with Crippen molar-refractivity contribution in [3.8, 4) is 11.1 Å². The van der Waals surface area contributed by atoms with E-state index in [0.717, 1.165) is 17.3 Å². The van der Waals surface area contributed by atoms with E-state index in [-0.39, 0.29) is 34.7 Å². The molecule has 37 heavy (non-hydrogen) atoms. The number of amides is 1. The summed E-state index contributed by atoms with van der Waals surface area (Å²) in [5, 5.41) is 13.5. The van der Waals surface area contributed by atoms with Crippen molar-refractivity contribution in [3.63, 3.8) is 0 Å². The molecule has 1 N–H and O–H groups in total. The van der Waals surface area contributed by atoms with Gasteiger partial charge in [-0.1, -0.05) is 60.3 Å². The van der Waals surface area contributed by atoms with Crippen molar-refractivity contribution in [3.05, 3.63) is 77.4 Å². The fraction of sp³-hybridized carbons (Fsp3) is 0.200. The number of hydrogen-bond donors (Lipinski definition) is 1. The fourth-order valence-corrected chi connectivity index (χ4v) is 6.49. The number of carbonyl (C=O) groups is 2. The maximum Gasteiger partial charge on any atom is 0.341 e. The number of ether oxygens (including phenoxy) is 1. The molecule has 0 unspecified atom stereocenters. The van der Waals surface area contributed by atoms with Gasteiger partial charge >= 0.3 is 5.97 Å². The Bertz CT molecular complexity index is 1500. The Morgan fingerprint density at radius 3 is 2.41 bits per heavy atom. The summed E-state index contributed by atoms with van der Waals surface area (Å²) in [4.78, 5) is 25.7. The number of sulfone groups is 1. The first kappa shape index (κ1) is 26.6. The molecular weight excluding hydrogens is 532 g/mol. The lowest BCUT2D eigenvalue weighted by atomic mass is 10.0. The van der Waals surface area contributed by atoms with Gasteiger partial charge in [0.05, 0.1) is 17.3 Å². The zero-order valence-electron chi connectivity index (χ0n) is 20.1. The highest BCUT2D eigenvalue weighted by atomic mass is 32.2. The number of esters is 1. The van der Waals surface area contributed by atoms with E-state index in [2.05, 4.69) is 15.5 Å². The molecule has 0 fully saturated rings. The average Bonchev–Trinajstić information content (AvgIpc) is 3.47. The minimum Gasteiger partial charge on any atom is -0.462 e. The van der Waals surface area contributed by atoms with E-state index in [1.54, 1.807) is 36.7 Å². The predicted molar refractivity (Wildman–Crippen MR) is 143 cm³/mol. The summed E-state index contributed by atoms with van der Waals surface area (Å²) in [5.74, 6) is -0.921. The molecule has 2 heterocycles. The van der Waals surface area contributed by atoms with Crippen LogP contribution in [0.3, 0.4) is 0 Å². The van der Waals surface area contributed by atoms with Gasteiger partial charge in [0.15, 0.2) is 15.0 Å². The number of benzene rings is 2. The molecule has 0 radical (unpaired) electrons. The van der Waals surface area contributed by atoms with Crippen LogP contribution in [0.15, 0.2) is 76.1 Å². The Morgan fingerprint density at radius 1 is 1.05 bits per heavy atom. The van der Waals surface area contributed by atoms with E-state index in [0.29, 0.717) is 21.3 Å². The molecule has 0 aliphatic carbocycles. The average molecular weight is 557 g/mol. The second kappa shape index (κ2) is 11.7. The van der Waals surface area contributed by atoms with Crippen molar-refractivity contribution < 1.29 is 22.7 Å². The zero-order valence-corrected chi connectivity index (χ0v) is 22.5. The topological polar surface area (TPSA) is 120 Å². The van der Waals surface area contributed by atoms with E-state index in [1.807, 2.05) is 35.7 Å². The van der Waals surface area contributed by atoms with Crippen LogP contribution < -0.4 is 5.32 Å². The number of nitrogens with zero attached hydrogens (tertiary/aromatic N) is 3. The number of anilines is 1. The van der Waals surface area contributed by atoms with Crippen molar-refractivity contribution in [2.45, 2.75) is 22.7 Å². The summed E-state index contributed by atoms with van der Waals surface area (Å²) in [6.45, 7) is 1.93. The van der Waals surface area contributed by atoms with Gasteiger partial charge < -0.3 is 14.6 Å². The Hall–Kier alpha value is -3.48. The maximum absolute atomic E-state index is 12.8. The Morgan fingerprint density at radius 2 is 1.73 bits per heavy atom. The molecule has 0 atom stereocenters. The van der Waals surface area contributed by atoms with Gasteiger partial charge in [0, 0.05) is 18.0 Å². The van der Waals surface area contributed by atoms with Crippen LogP contribution in [0.5, 0.6) is 0 Å². The van der Waals surface area contributed by atoms with E-state index < -0.39 is 15.8 Å². The molecule has 4 rings (SSSR count). The van der Waals surface area contributed by atoms with E-state index >= 15 is 0 Å². The molecule has 1 amide bonds. The SMILES string of the molecule is CCOC(=O)c1c(-c2ccccc2)csc1NC(=O)CSc1nnc(CS(=O)(=O)c2ccccc2)n1C. The number of hydrogen-bond acceptors (Lipinski definition) is 9. The second-order valence-electron chi connectivity index (χ2n) is 7.81. The predicted octanol–water partition coefficient (Wildman–Crippen LogP) is 4.43. The number of aromatic nitrogens is 3. The van der Waals surface area contributed by atoms with Gasteiger partial charge in [-0.05, 0) is 24.6 Å². The zero-order chi connectivity index (χ0) is 26.4. The lowest BCUT2D eigenvalue weighted by molar-refractivity contribution is -0.113. The number of thiophene rings is 1. The molecular formula is C25H24N4O5S3. The van der Waals surface area contributed by atoms with Crippen molar-refractivity contribution in [2.24, 2.45) is 7.05 Å². The Labute approximate surface area is 222 Å². The second-order valence-corrected chi connectivity index (χ2v) is 11.6. The minimum absolute atomic E-state index is 0.0156. The Kier molecular flexibility index (Phi) is 8.41. The third-order valence-electron chi connectivity index (χ3n) is 5.29. The summed E-state index contributed by atoms with van der Waals surface area (Å²) in [5.41, 5.74) is 1.83. The van der Waals surface area contributed by atoms with Gasteiger partial charge in [-0.25, -0.2) is 13.2 Å². The van der Waals surface area contributed by atoms with Crippen LogP contribution in [0.4, 0.5) is 5.00 Å². The van der Waals surface area contributed by atoms with Crippen LogP contribution in [0.25, 0.3) is 11.1 Å². The molecule has 0 aliphatic heterocycles. The molecule has 192 valence electrons. The number of thioether (sulfide) groups is 1. The van der Waals surface area contributed by atoms with Gasteiger partial charge in [0.1, 0.15) is 22.1 Å². The molecule has 0 bridgehead atoms. The molecule has 0 saturated carbocycles. The lowest BCUT2D eigenvalue weighted by Gasteiger charge is -2.09. The van der Waals surface area contributed by atoms with Gasteiger partial charge in [-0.3, -0.25) is 4.79 Å². The van der Waals surface area contributed by atoms with E-state index in [1.165, 1.54) is 23.5 Å². The third kappa shape index (κ3) is 6.27. The van der Waals surface area contributed by atoms with Crippen LogP contribution in [0.1, 0.15) is 23.1 Å². The Balaban J connectivity index is 1.45. The van der Waals surface area contributed by atoms with Crippen molar-refractivity contribution in [1.29, 1.82) is 0 Å². The lowest BCUT2D eigenvalue weighted by Crippen LogP contribution is -2.17. The van der Waals surface area contributed by atoms with E-state index in [9.17, 15) is 18.0 Å². The monoisotopic (exact) mass is 556 g/mol. The molecule has 9 nitrogen and oxygen atoms in total. The smallest absolute Gasteiger partial charge is 0.341 e. The van der Waals surface area contributed by atoms with Crippen LogP contribution in [-0.4, -0.2) is 47.4 Å². The molecule has 12 heteroatoms. The summed E-state index contributed by atoms with van der Waals surface area (Å²) in [6.07, 6.45) is 0. The first-order valence-electron chi connectivity index (χ1n) is 11.2. The van der Waals surface area contributed by atoms with Gasteiger partial charge in [-0.15, -0.1) is 21.5 Å². The molecule has 0 saturated heterocycles. The summed E-state index contributed by atoms with van der Waals surface area (Å²) in [7, 11) is -1.93. The van der Waals surface area contributed by atoms with Crippen LogP contribution in [0, 0.1) is 0 Å². The highest BCUT2D eigenvalue weighted by molar-refractivity contribution is 7.99. The summed E-state index contributed by atoms with van der Waals surface area (Å²) in [6, 6.07) is 17.5. The van der Waals surface area contributed by atoms with Crippen LogP contribution >= 0.6 is 23.1 Å². The fourth-order valence-electron chi connectivity index (χ4n) is 3.46. The van der Waals surface area contributed by atoms with Crippen LogP contribution in [0.2, 0.25) is 0 Å². The van der Waals surface area contributed by atoms with Crippen molar-refractivity contribution >= 4 is 49.8 Å². The molecule has 0 spiro atoms. The summed E-state index contributed by atoms with van der Waals surface area (Å²) < 4.78 is 32.2. The number of nitrogens with one attached hydrogen (secondary N) is 1. The highest BCUT2D eigenvalue weighted by Crippen LogP contribution is 2.36. The summed E-state index contributed by atoms with van der Waals surface area (Å²) >= 11 is 2.36. The largest absolute Gasteiger partial charge is 0.462 e. The van der Waals surface area contributed by atoms with Crippen molar-refractivity contribution in [2.75, 3.05) is 17.7 Å². The molecule has 0 aliphatic rings. The maximum atomic E-state index is 12.8. The highest BCUT2D eigenvalue weighted by Gasteiger charge is 2.24. The van der Waals surface area contributed by atoms with Gasteiger partial charge in [-0.2, -0.15) is 0 Å². The van der Waals surface area contributed by atoms with Gasteiger partial charge in [0.2, 0.25) is 5.91 Å². The molecule has 2 aromatic heterocycles. The number of rotatable bonds is 10. The molecule has 4 aromatic rings. The van der Waals surface area contributed by atoms with Crippen molar-refractivity contribution in [1.82, 2.24) is 14.8 Å². The third-order valence-corrected chi connectivity index (χ3v) is 8.83. The minimum atomic E-state index is -3.59. The number of carbonyl (C=O) groups excluding carboxylic acids is 2. The normalized spacial score (nSPS) is 11.3. The molecule has 2 aromatic carbocycles. The van der Waals surface area contributed by atoms with Crippen LogP contribution in [-0.2, 0) is 32.2 Å². The van der Waals surface area contributed by atoms with Gasteiger partial charge in [0.25, 0.3) is 0 Å².